The maximum Gasteiger partial charge on any atom is 0.200 e. The van der Waals surface area contributed by atoms with Gasteiger partial charge in [-0.1, -0.05) is 98.8 Å². The van der Waals surface area contributed by atoms with Gasteiger partial charge < -0.3 is 34.0 Å². The lowest BCUT2D eigenvalue weighted by atomic mass is 9.78. The van der Waals surface area contributed by atoms with Gasteiger partial charge in [-0.25, -0.2) is 0 Å². The molecule has 0 aliphatic heterocycles. The minimum absolute atomic E-state index is 0.0573. The first-order valence-electron chi connectivity index (χ1n) is 23.5. The van der Waals surface area contributed by atoms with Crippen LogP contribution in [0.1, 0.15) is 72.8 Å². The van der Waals surface area contributed by atoms with Crippen molar-refractivity contribution in [3.8, 4) is 39.8 Å². The molecular weight excluding hydrogens is 853 g/mol. The van der Waals surface area contributed by atoms with E-state index in [9.17, 15) is 15.3 Å². The summed E-state index contributed by atoms with van der Waals surface area (Å²) in [5.74, 6) is -0.578. The second kappa shape index (κ2) is 17.3. The van der Waals surface area contributed by atoms with Crippen molar-refractivity contribution < 1.29 is 24.8 Å². The molecule has 2 aliphatic rings. The summed E-state index contributed by atoms with van der Waals surface area (Å²) in [7, 11) is 1.00. The molecule has 3 aromatic heterocycles. The van der Waals surface area contributed by atoms with Crippen LogP contribution in [0.4, 0.5) is 0 Å². The highest BCUT2D eigenvalue weighted by Gasteiger charge is 2.38. The maximum absolute atomic E-state index is 11.1. The molecule has 0 unspecified atom stereocenters. The van der Waals surface area contributed by atoms with Gasteiger partial charge in [0.1, 0.15) is 11.3 Å². The highest BCUT2D eigenvalue weighted by atomic mass is 16.3. The van der Waals surface area contributed by atoms with Crippen molar-refractivity contribution in [3.05, 3.63) is 191 Å². The molecule has 344 valence electrons. The van der Waals surface area contributed by atoms with E-state index in [1.54, 1.807) is 6.08 Å². The lowest BCUT2D eigenvalue weighted by molar-refractivity contribution is 0.368. The van der Waals surface area contributed by atoms with E-state index in [0.717, 1.165) is 80.6 Å². The summed E-state index contributed by atoms with van der Waals surface area (Å²) < 4.78 is 11.4. The number of fused-ring (bicyclic) bond motifs is 10. The van der Waals surface area contributed by atoms with Gasteiger partial charge in [0, 0.05) is 56.6 Å². The molecule has 12 rings (SSSR count). The molecule has 0 bridgehead atoms. The molecule has 4 N–H and O–H groups in total. The van der Waals surface area contributed by atoms with Crippen LogP contribution in [-0.4, -0.2) is 36.7 Å². The fraction of sp³-hybridized carbons (Fsp3) is 0.161. The number of hydrogen-bond donors (Lipinski definition) is 4. The fourth-order valence-electron chi connectivity index (χ4n) is 10.9. The second-order valence-electron chi connectivity index (χ2n) is 18.6. The van der Waals surface area contributed by atoms with E-state index in [4.69, 9.17) is 9.52 Å². The van der Waals surface area contributed by atoms with E-state index < -0.39 is 5.75 Å². The summed E-state index contributed by atoms with van der Waals surface area (Å²) in [6.07, 6.45) is 12.6. The van der Waals surface area contributed by atoms with Gasteiger partial charge in [-0.05, 0) is 158 Å². The first-order chi connectivity index (χ1) is 33.4. The number of rotatable bonds is 5. The Labute approximate surface area is 402 Å². The minimum atomic E-state index is -0.544. The number of aliphatic hydroxyl groups excluding tert-OH is 1. The Morgan fingerprint density at radius 3 is 2.03 bits per heavy atom. The predicted molar refractivity (Wildman–Crippen MR) is 287 cm³/mol. The predicted octanol–water partition coefficient (Wildman–Crippen LogP) is 15.7. The Kier molecular flexibility index (Phi) is 11.2. The van der Waals surface area contributed by atoms with Crippen LogP contribution in [0.15, 0.2) is 156 Å². The Morgan fingerprint density at radius 2 is 1.32 bits per heavy atom. The van der Waals surface area contributed by atoms with Gasteiger partial charge >= 0.3 is 0 Å². The van der Waals surface area contributed by atoms with Crippen LogP contribution in [0, 0.1) is 20.8 Å². The monoisotopic (exact) mass is 908 g/mol. The number of nitrogens with zero attached hydrogens (tertiary/aromatic N) is 2. The zero-order valence-corrected chi connectivity index (χ0v) is 40.1. The molecule has 0 spiro atoms. The molecule has 0 saturated heterocycles. The van der Waals surface area contributed by atoms with Gasteiger partial charge in [0.05, 0.1) is 27.5 Å². The third-order valence-corrected chi connectivity index (χ3v) is 14.4. The van der Waals surface area contributed by atoms with E-state index in [0.29, 0.717) is 22.5 Å². The number of aliphatic hydroxyl groups is 1. The highest BCUT2D eigenvalue weighted by Crippen LogP contribution is 2.53. The highest BCUT2D eigenvalue weighted by molar-refractivity contribution is 6.22. The molecule has 2 aliphatic carbocycles. The Hall–Kier alpha value is -8.00. The van der Waals surface area contributed by atoms with Gasteiger partial charge in [0.15, 0.2) is 11.5 Å². The molecule has 0 amide bonds. The molecule has 69 heavy (non-hydrogen) atoms. The lowest BCUT2D eigenvalue weighted by Gasteiger charge is -2.25. The number of para-hydroxylation sites is 1. The van der Waals surface area contributed by atoms with Gasteiger partial charge in [-0.15, -0.1) is 0 Å². The summed E-state index contributed by atoms with van der Waals surface area (Å²) >= 11 is 0. The van der Waals surface area contributed by atoms with Crippen LogP contribution in [0.5, 0.6) is 17.2 Å². The van der Waals surface area contributed by atoms with Crippen molar-refractivity contribution in [3.63, 3.8) is 0 Å². The van der Waals surface area contributed by atoms with Gasteiger partial charge in [0.2, 0.25) is 5.75 Å². The first-order valence-corrected chi connectivity index (χ1v) is 23.5. The van der Waals surface area contributed by atoms with Crippen molar-refractivity contribution in [1.82, 2.24) is 9.13 Å². The molecule has 0 radical (unpaired) electrons. The number of phenolic OH excluding ortho intramolecular Hbond substituents is 3. The topological polar surface area (TPSA) is 104 Å². The number of benzene rings is 7. The van der Waals surface area contributed by atoms with Crippen LogP contribution in [0.2, 0.25) is 0 Å². The minimum Gasteiger partial charge on any atom is -0.504 e. The number of hydrogen-bond acceptors (Lipinski definition) is 5. The van der Waals surface area contributed by atoms with E-state index in [1.807, 2.05) is 32.1 Å². The zero-order valence-electron chi connectivity index (χ0n) is 40.1. The maximum atomic E-state index is 11.1. The van der Waals surface area contributed by atoms with Gasteiger partial charge in [-0.2, -0.15) is 0 Å². The third-order valence-electron chi connectivity index (χ3n) is 14.4. The molecule has 3 heterocycles. The largest absolute Gasteiger partial charge is 0.504 e. The molecule has 0 saturated carbocycles. The molecule has 7 heteroatoms. The van der Waals surface area contributed by atoms with E-state index >= 15 is 0 Å². The molecular formula is C62H56N2O5. The van der Waals surface area contributed by atoms with E-state index in [1.165, 1.54) is 50.4 Å². The van der Waals surface area contributed by atoms with Crippen LogP contribution >= 0.6 is 0 Å². The summed E-state index contributed by atoms with van der Waals surface area (Å²) in [5, 5.41) is 44.2. The summed E-state index contributed by atoms with van der Waals surface area (Å²) in [6, 6.07) is 42.5. The third kappa shape index (κ3) is 6.98. The molecule has 7 nitrogen and oxygen atoms in total. The van der Waals surface area contributed by atoms with Crippen molar-refractivity contribution in [2.75, 3.05) is 7.11 Å². The summed E-state index contributed by atoms with van der Waals surface area (Å²) in [4.78, 5) is 0. The fourth-order valence-corrected chi connectivity index (χ4v) is 10.9. The Bertz CT molecular complexity index is 3790. The van der Waals surface area contributed by atoms with Crippen molar-refractivity contribution in [1.29, 1.82) is 0 Å². The van der Waals surface area contributed by atoms with Gasteiger partial charge in [-0.3, -0.25) is 0 Å². The number of furan rings is 1. The number of allylic oxidation sites excluding steroid dienone is 5. The number of aromatic hydroxyl groups is 3. The quantitative estimate of drug-likeness (QED) is 0.129. The summed E-state index contributed by atoms with van der Waals surface area (Å²) in [5.41, 5.74) is 18.1. The Morgan fingerprint density at radius 1 is 0.652 bits per heavy atom. The van der Waals surface area contributed by atoms with Crippen LogP contribution in [-0.2, 0) is 5.41 Å². The van der Waals surface area contributed by atoms with Crippen LogP contribution < -0.4 is 0 Å². The SMILES string of the molecule is C=Cc1oc2c(ccc3c2c2cc(-c4c(C)cc(O)c(O)c4O)ccc2n3-c2ccc3c(c2)c2cc4c(cc2n3-c2ccccc2)C(C)(C)C2=C4C=CCC2)c1/C=C\C.CO.Cc1ccccc1C. The number of phenols is 3. The lowest BCUT2D eigenvalue weighted by Crippen LogP contribution is -2.17. The van der Waals surface area contributed by atoms with Crippen LogP contribution in [0.3, 0.4) is 0 Å². The zero-order chi connectivity index (χ0) is 48.5. The molecule has 10 aromatic rings. The van der Waals surface area contributed by atoms with Crippen molar-refractivity contribution in [2.24, 2.45) is 0 Å². The van der Waals surface area contributed by atoms with Crippen molar-refractivity contribution >= 4 is 72.3 Å². The number of aryl methyl sites for hydroxylation is 3. The average Bonchev–Trinajstić information content (AvgIpc) is 4.06. The normalized spacial score (nSPS) is 13.9. The standard InChI is InChI=1S/C53H42N2O4.C8H10.CH4O/c1-6-13-34-35-20-23-44-49(52(35)59-47(34)7-2)39-25-30(48-29(3)24-46(56)50(57)51(48)58)18-21-43(39)55(44)32-19-22-42-37(26-32)38-27-36-33-16-11-12-17-40(33)53(4,5)41(36)28-45(38)54(42)31-14-9-8-10-15-31;1-7-5-3-4-6-8(7)2;1-2/h6-11,13-16,18-28,56-58H,2,12,17H2,1,3-5H3;3-6H,1-2H3;2H,1H3/b13-6-;;. The summed E-state index contributed by atoms with van der Waals surface area (Å²) in [6.45, 7) is 16.9. The van der Waals surface area contributed by atoms with E-state index in [-0.39, 0.29) is 16.9 Å². The van der Waals surface area contributed by atoms with Crippen LogP contribution in [0.25, 0.3) is 94.8 Å². The second-order valence-corrected chi connectivity index (χ2v) is 18.6. The number of aromatic nitrogens is 2. The van der Waals surface area contributed by atoms with Gasteiger partial charge in [0.25, 0.3) is 0 Å². The van der Waals surface area contributed by atoms with E-state index in [2.05, 4.69) is 165 Å². The first kappa shape index (κ1) is 44.8. The Balaban J connectivity index is 0.000000500. The molecule has 0 fully saturated rings. The van der Waals surface area contributed by atoms with Crippen molar-refractivity contribution in [2.45, 2.75) is 59.8 Å². The molecule has 7 aromatic carbocycles. The average molecular weight is 909 g/mol. The molecule has 0 atom stereocenters. The smallest absolute Gasteiger partial charge is 0.200 e.